The molecule has 0 aliphatic carbocycles. The SMILES string of the molecule is CCCN(CCC(=O)NC1CCN(Cc2ccccc2)CC1)C(=O)/C=C/c1ccc([N+](=O)[O-])cc1. The first-order valence-corrected chi connectivity index (χ1v) is 12.2. The van der Waals surface area contributed by atoms with Gasteiger partial charge in [0.05, 0.1) is 4.92 Å². The second-order valence-corrected chi connectivity index (χ2v) is 8.86. The van der Waals surface area contributed by atoms with Crippen molar-refractivity contribution in [1.82, 2.24) is 15.1 Å². The highest BCUT2D eigenvalue weighted by molar-refractivity contribution is 5.92. The van der Waals surface area contributed by atoms with E-state index in [1.165, 1.54) is 23.8 Å². The molecule has 1 aliphatic rings. The molecule has 1 N–H and O–H groups in total. The average molecular weight is 479 g/mol. The number of nitro benzene ring substituents is 1. The standard InChI is InChI=1S/C27H34N4O4/c1-2-17-30(27(33)13-10-22-8-11-25(12-9-22)31(34)35)20-16-26(32)28-24-14-18-29(19-15-24)21-23-6-4-3-5-7-23/h3-13,24H,2,14-21H2,1H3,(H,28,32)/b13-10+. The van der Waals surface area contributed by atoms with Gasteiger partial charge in [0.1, 0.15) is 0 Å². The molecule has 0 unspecified atom stereocenters. The van der Waals surface area contributed by atoms with Gasteiger partial charge in [0, 0.05) is 63.4 Å². The van der Waals surface area contributed by atoms with E-state index in [1.807, 2.05) is 13.0 Å². The van der Waals surface area contributed by atoms with Crippen LogP contribution < -0.4 is 5.32 Å². The number of amides is 2. The van der Waals surface area contributed by atoms with Crippen LogP contribution in [0.15, 0.2) is 60.7 Å². The lowest BCUT2D eigenvalue weighted by molar-refractivity contribution is -0.384. The minimum Gasteiger partial charge on any atom is -0.353 e. The van der Waals surface area contributed by atoms with Gasteiger partial charge in [-0.3, -0.25) is 24.6 Å². The van der Waals surface area contributed by atoms with Crippen LogP contribution in [0.5, 0.6) is 0 Å². The number of carbonyl (C=O) groups excluding carboxylic acids is 2. The zero-order chi connectivity index (χ0) is 25.0. The van der Waals surface area contributed by atoms with Crippen molar-refractivity contribution in [1.29, 1.82) is 0 Å². The van der Waals surface area contributed by atoms with Crippen LogP contribution in [-0.2, 0) is 16.1 Å². The van der Waals surface area contributed by atoms with Gasteiger partial charge >= 0.3 is 0 Å². The maximum atomic E-state index is 12.7. The Morgan fingerprint density at radius 2 is 1.77 bits per heavy atom. The van der Waals surface area contributed by atoms with Crippen molar-refractivity contribution in [3.8, 4) is 0 Å². The molecule has 2 aromatic rings. The van der Waals surface area contributed by atoms with E-state index < -0.39 is 4.92 Å². The fraction of sp³-hybridized carbons (Fsp3) is 0.407. The molecule has 8 heteroatoms. The maximum absolute atomic E-state index is 12.7. The minimum absolute atomic E-state index is 0.00830. The topological polar surface area (TPSA) is 95.8 Å². The summed E-state index contributed by atoms with van der Waals surface area (Å²) < 4.78 is 0. The summed E-state index contributed by atoms with van der Waals surface area (Å²) in [5.41, 5.74) is 2.02. The Balaban J connectivity index is 1.41. The first kappa shape index (κ1) is 26.1. The van der Waals surface area contributed by atoms with Gasteiger partial charge in [-0.2, -0.15) is 0 Å². The highest BCUT2D eigenvalue weighted by atomic mass is 16.6. The van der Waals surface area contributed by atoms with Crippen molar-refractivity contribution in [2.45, 2.75) is 45.2 Å². The molecular formula is C27H34N4O4. The molecule has 2 aromatic carbocycles. The Morgan fingerprint density at radius 3 is 2.40 bits per heavy atom. The third-order valence-electron chi connectivity index (χ3n) is 6.14. The summed E-state index contributed by atoms with van der Waals surface area (Å²) in [5.74, 6) is -0.202. The van der Waals surface area contributed by atoms with E-state index in [0.717, 1.165) is 38.9 Å². The lowest BCUT2D eigenvalue weighted by atomic mass is 10.0. The van der Waals surface area contributed by atoms with Gasteiger partial charge in [-0.15, -0.1) is 0 Å². The number of likely N-dealkylation sites (tertiary alicyclic amines) is 1. The summed E-state index contributed by atoms with van der Waals surface area (Å²) in [5, 5.41) is 13.9. The Morgan fingerprint density at radius 1 is 1.09 bits per heavy atom. The number of piperidine rings is 1. The highest BCUT2D eigenvalue weighted by Crippen LogP contribution is 2.15. The van der Waals surface area contributed by atoms with E-state index in [9.17, 15) is 19.7 Å². The number of nitro groups is 1. The van der Waals surface area contributed by atoms with Crippen molar-refractivity contribution < 1.29 is 14.5 Å². The second kappa shape index (κ2) is 13.4. The van der Waals surface area contributed by atoms with Crippen molar-refractivity contribution >= 4 is 23.6 Å². The van der Waals surface area contributed by atoms with Gasteiger partial charge in [-0.05, 0) is 48.6 Å². The summed E-state index contributed by atoms with van der Waals surface area (Å²) >= 11 is 0. The third kappa shape index (κ3) is 8.64. The molecule has 0 saturated carbocycles. The fourth-order valence-corrected chi connectivity index (χ4v) is 4.20. The number of benzene rings is 2. The van der Waals surface area contributed by atoms with E-state index in [1.54, 1.807) is 23.1 Å². The Hall–Kier alpha value is -3.52. The van der Waals surface area contributed by atoms with Gasteiger partial charge < -0.3 is 10.2 Å². The normalized spacial score (nSPS) is 14.7. The van der Waals surface area contributed by atoms with Crippen LogP contribution in [-0.4, -0.2) is 58.8 Å². The van der Waals surface area contributed by atoms with Crippen LogP contribution in [0.4, 0.5) is 5.69 Å². The van der Waals surface area contributed by atoms with Crippen LogP contribution in [0.25, 0.3) is 6.08 Å². The molecule has 0 radical (unpaired) electrons. The molecule has 1 heterocycles. The molecule has 3 rings (SSSR count). The van der Waals surface area contributed by atoms with Gasteiger partial charge in [0.2, 0.25) is 11.8 Å². The second-order valence-electron chi connectivity index (χ2n) is 8.86. The molecule has 1 fully saturated rings. The zero-order valence-electron chi connectivity index (χ0n) is 20.3. The van der Waals surface area contributed by atoms with Crippen molar-refractivity contribution in [3.63, 3.8) is 0 Å². The summed E-state index contributed by atoms with van der Waals surface area (Å²) in [6, 6.07) is 16.6. The molecule has 0 aromatic heterocycles. The highest BCUT2D eigenvalue weighted by Gasteiger charge is 2.21. The molecular weight excluding hydrogens is 444 g/mol. The number of hydrogen-bond acceptors (Lipinski definition) is 5. The number of carbonyl (C=O) groups is 2. The Kier molecular flexibility index (Phi) is 9.98. The average Bonchev–Trinajstić information content (AvgIpc) is 2.87. The van der Waals surface area contributed by atoms with Crippen LogP contribution >= 0.6 is 0 Å². The fourth-order valence-electron chi connectivity index (χ4n) is 4.20. The van der Waals surface area contributed by atoms with Gasteiger partial charge in [-0.1, -0.05) is 37.3 Å². The van der Waals surface area contributed by atoms with Gasteiger partial charge in [0.25, 0.3) is 5.69 Å². The number of non-ortho nitro benzene ring substituents is 1. The predicted octanol–water partition coefficient (Wildman–Crippen LogP) is 4.02. The van der Waals surface area contributed by atoms with Gasteiger partial charge in [0.15, 0.2) is 0 Å². The van der Waals surface area contributed by atoms with E-state index in [4.69, 9.17) is 0 Å². The molecule has 35 heavy (non-hydrogen) atoms. The monoisotopic (exact) mass is 478 g/mol. The lowest BCUT2D eigenvalue weighted by Gasteiger charge is -2.32. The molecule has 1 saturated heterocycles. The summed E-state index contributed by atoms with van der Waals surface area (Å²) in [6.45, 7) is 5.75. The molecule has 1 aliphatic heterocycles. The Labute approximate surface area is 206 Å². The van der Waals surface area contributed by atoms with Gasteiger partial charge in [-0.25, -0.2) is 0 Å². The maximum Gasteiger partial charge on any atom is 0.269 e. The smallest absolute Gasteiger partial charge is 0.269 e. The molecule has 2 amide bonds. The van der Waals surface area contributed by atoms with E-state index in [2.05, 4.69) is 34.5 Å². The minimum atomic E-state index is -0.458. The van der Waals surface area contributed by atoms with Crippen molar-refractivity contribution in [3.05, 3.63) is 81.9 Å². The van der Waals surface area contributed by atoms with E-state index in [-0.39, 0.29) is 30.0 Å². The number of nitrogens with one attached hydrogen (secondary N) is 1. The molecule has 186 valence electrons. The van der Waals surface area contributed by atoms with E-state index in [0.29, 0.717) is 18.7 Å². The predicted molar refractivity (Wildman–Crippen MR) is 137 cm³/mol. The van der Waals surface area contributed by atoms with Crippen LogP contribution in [0.1, 0.15) is 43.7 Å². The first-order valence-electron chi connectivity index (χ1n) is 12.2. The van der Waals surface area contributed by atoms with Crippen molar-refractivity contribution in [2.24, 2.45) is 0 Å². The number of hydrogen-bond donors (Lipinski definition) is 1. The summed E-state index contributed by atoms with van der Waals surface area (Å²) in [7, 11) is 0. The first-order chi connectivity index (χ1) is 16.9. The quantitative estimate of drug-likeness (QED) is 0.299. The number of rotatable bonds is 11. The Bertz CT molecular complexity index is 1000. The van der Waals surface area contributed by atoms with Crippen molar-refractivity contribution in [2.75, 3.05) is 26.2 Å². The van der Waals surface area contributed by atoms with E-state index >= 15 is 0 Å². The number of nitrogens with zero attached hydrogens (tertiary/aromatic N) is 3. The van der Waals surface area contributed by atoms with Crippen LogP contribution in [0.3, 0.4) is 0 Å². The summed E-state index contributed by atoms with van der Waals surface area (Å²) in [6.07, 6.45) is 6.00. The lowest BCUT2D eigenvalue weighted by Crippen LogP contribution is -2.45. The molecule has 0 bridgehead atoms. The molecule has 0 spiro atoms. The van der Waals surface area contributed by atoms with Crippen LogP contribution in [0.2, 0.25) is 0 Å². The largest absolute Gasteiger partial charge is 0.353 e. The molecule has 8 nitrogen and oxygen atoms in total. The molecule has 0 atom stereocenters. The van der Waals surface area contributed by atoms with Crippen LogP contribution in [0, 0.1) is 10.1 Å². The summed E-state index contributed by atoms with van der Waals surface area (Å²) in [4.78, 5) is 39.6. The third-order valence-corrected chi connectivity index (χ3v) is 6.14. The zero-order valence-corrected chi connectivity index (χ0v) is 20.3.